The summed E-state index contributed by atoms with van der Waals surface area (Å²) >= 11 is 1.81. The fourth-order valence-corrected chi connectivity index (χ4v) is 4.43. The van der Waals surface area contributed by atoms with Crippen molar-refractivity contribution >= 4 is 36.2 Å². The highest BCUT2D eigenvalue weighted by Crippen LogP contribution is 2.29. The predicted molar refractivity (Wildman–Crippen MR) is 98.7 cm³/mol. The zero-order valence-electron chi connectivity index (χ0n) is 13.5. The summed E-state index contributed by atoms with van der Waals surface area (Å²) in [4.78, 5) is 9.90. The van der Waals surface area contributed by atoms with Crippen molar-refractivity contribution in [1.29, 1.82) is 0 Å². The second-order valence-corrected chi connectivity index (χ2v) is 7.29. The number of nitrogens with zero attached hydrogens (tertiary/aromatic N) is 3. The van der Waals surface area contributed by atoms with Gasteiger partial charge in [0.15, 0.2) is 0 Å². The molecule has 0 bridgehead atoms. The molecule has 7 heteroatoms. The Morgan fingerprint density at radius 2 is 2.00 bits per heavy atom. The van der Waals surface area contributed by atoms with Crippen molar-refractivity contribution in [3.63, 3.8) is 0 Å². The lowest BCUT2D eigenvalue weighted by Crippen LogP contribution is -2.57. The molecule has 1 N–H and O–H groups in total. The van der Waals surface area contributed by atoms with E-state index >= 15 is 0 Å². The molecule has 0 saturated carbocycles. The number of hydrogen-bond donors (Lipinski definition) is 1. The lowest BCUT2D eigenvalue weighted by Gasteiger charge is -2.45. The summed E-state index contributed by atoms with van der Waals surface area (Å²) < 4.78 is 0. The van der Waals surface area contributed by atoms with Crippen LogP contribution in [0.3, 0.4) is 0 Å². The molecule has 1 spiro atoms. The summed E-state index contributed by atoms with van der Waals surface area (Å²) in [6.07, 6.45) is 3.82. The summed E-state index contributed by atoms with van der Waals surface area (Å²) in [5.74, 6) is 0. The van der Waals surface area contributed by atoms with E-state index in [1.54, 1.807) is 0 Å². The van der Waals surface area contributed by atoms with E-state index in [0.29, 0.717) is 5.54 Å². The van der Waals surface area contributed by atoms with E-state index in [1.807, 2.05) is 11.3 Å². The Kier molecular flexibility index (Phi) is 8.06. The lowest BCUT2D eigenvalue weighted by atomic mass is 9.86. The Balaban J connectivity index is 0.00000121. The van der Waals surface area contributed by atoms with E-state index < -0.39 is 0 Å². The van der Waals surface area contributed by atoms with E-state index in [9.17, 15) is 0 Å². The normalized spacial score (nSPS) is 22.6. The second-order valence-electron chi connectivity index (χ2n) is 6.34. The van der Waals surface area contributed by atoms with Crippen molar-refractivity contribution in [3.05, 3.63) is 16.1 Å². The molecule has 2 fully saturated rings. The largest absolute Gasteiger partial charge is 0.317 e. The van der Waals surface area contributed by atoms with Gasteiger partial charge < -0.3 is 5.32 Å². The number of likely N-dealkylation sites (N-methyl/N-ethyl adjacent to an activating group) is 1. The summed E-state index contributed by atoms with van der Waals surface area (Å²) in [7, 11) is 2.32. The maximum atomic E-state index is 4.64. The Labute approximate surface area is 150 Å². The van der Waals surface area contributed by atoms with Crippen LogP contribution in [0.2, 0.25) is 0 Å². The minimum absolute atomic E-state index is 0. The highest BCUT2D eigenvalue weighted by molar-refractivity contribution is 7.09. The molecule has 0 radical (unpaired) electrons. The zero-order valence-corrected chi connectivity index (χ0v) is 16.0. The van der Waals surface area contributed by atoms with Gasteiger partial charge in [-0.3, -0.25) is 9.80 Å². The van der Waals surface area contributed by atoms with Crippen LogP contribution in [0, 0.1) is 6.92 Å². The van der Waals surface area contributed by atoms with Gasteiger partial charge in [-0.2, -0.15) is 0 Å². The molecule has 0 atom stereocenters. The Morgan fingerprint density at radius 1 is 1.27 bits per heavy atom. The molecule has 1 aromatic heterocycles. The molecular weight excluding hydrogens is 339 g/mol. The SMILES string of the molecule is Cc1csc(CN2CCCN(C)C3(CCNCC3)C2)n1.Cl.Cl. The summed E-state index contributed by atoms with van der Waals surface area (Å²) in [5.41, 5.74) is 1.54. The topological polar surface area (TPSA) is 31.4 Å². The van der Waals surface area contributed by atoms with E-state index in [0.717, 1.165) is 25.3 Å². The monoisotopic (exact) mass is 366 g/mol. The van der Waals surface area contributed by atoms with Crippen LogP contribution in [0.1, 0.15) is 30.0 Å². The quantitative estimate of drug-likeness (QED) is 0.871. The standard InChI is InChI=1S/C15H26N4S.2ClH/c1-13-11-20-14(17-13)10-19-9-3-8-18(2)15(12-19)4-6-16-7-5-15;;/h11,16H,3-10,12H2,1-2H3;2*1H. The maximum absolute atomic E-state index is 4.64. The molecule has 0 unspecified atom stereocenters. The van der Waals surface area contributed by atoms with Crippen molar-refractivity contribution in [2.24, 2.45) is 0 Å². The molecule has 1 aromatic rings. The fraction of sp³-hybridized carbons (Fsp3) is 0.800. The molecule has 2 saturated heterocycles. The van der Waals surface area contributed by atoms with Gasteiger partial charge in [-0.25, -0.2) is 4.98 Å². The molecular formula is C15H28Cl2N4S. The number of nitrogens with one attached hydrogen (secondary N) is 1. The van der Waals surface area contributed by atoms with Gasteiger partial charge in [0.05, 0.1) is 6.54 Å². The third kappa shape index (κ3) is 4.56. The lowest BCUT2D eigenvalue weighted by molar-refractivity contribution is 0.0637. The smallest absolute Gasteiger partial charge is 0.107 e. The van der Waals surface area contributed by atoms with E-state index in [4.69, 9.17) is 0 Å². The number of rotatable bonds is 2. The first-order chi connectivity index (χ1) is 9.68. The molecule has 3 heterocycles. The van der Waals surface area contributed by atoms with Crippen LogP contribution in [0.25, 0.3) is 0 Å². The van der Waals surface area contributed by atoms with Crippen LogP contribution >= 0.6 is 36.2 Å². The third-order valence-corrected chi connectivity index (χ3v) is 5.81. The third-order valence-electron chi connectivity index (χ3n) is 4.86. The van der Waals surface area contributed by atoms with Crippen LogP contribution in [0.15, 0.2) is 5.38 Å². The molecule has 128 valence electrons. The molecule has 0 aromatic carbocycles. The average molecular weight is 367 g/mol. The first-order valence-corrected chi connectivity index (χ1v) is 8.61. The van der Waals surface area contributed by atoms with Crippen molar-refractivity contribution in [2.75, 3.05) is 39.8 Å². The van der Waals surface area contributed by atoms with Gasteiger partial charge in [-0.15, -0.1) is 36.2 Å². The molecule has 4 nitrogen and oxygen atoms in total. The highest BCUT2D eigenvalue weighted by atomic mass is 35.5. The van der Waals surface area contributed by atoms with Crippen LogP contribution in [-0.4, -0.2) is 60.1 Å². The first kappa shape index (κ1) is 20.1. The van der Waals surface area contributed by atoms with Crippen molar-refractivity contribution in [1.82, 2.24) is 20.1 Å². The van der Waals surface area contributed by atoms with Crippen LogP contribution < -0.4 is 5.32 Å². The molecule has 2 aliphatic rings. The highest BCUT2D eigenvalue weighted by Gasteiger charge is 2.39. The minimum Gasteiger partial charge on any atom is -0.317 e. The maximum Gasteiger partial charge on any atom is 0.107 e. The Bertz CT molecular complexity index is 449. The summed E-state index contributed by atoms with van der Waals surface area (Å²) in [6, 6.07) is 0. The van der Waals surface area contributed by atoms with Crippen LogP contribution in [0.5, 0.6) is 0 Å². The van der Waals surface area contributed by atoms with Gasteiger partial charge in [-0.05, 0) is 59.4 Å². The molecule has 22 heavy (non-hydrogen) atoms. The van der Waals surface area contributed by atoms with E-state index in [-0.39, 0.29) is 24.8 Å². The first-order valence-electron chi connectivity index (χ1n) is 7.73. The number of thiazole rings is 1. The van der Waals surface area contributed by atoms with Gasteiger partial charge >= 0.3 is 0 Å². The van der Waals surface area contributed by atoms with Crippen molar-refractivity contribution < 1.29 is 0 Å². The van der Waals surface area contributed by atoms with E-state index in [1.165, 1.54) is 43.9 Å². The van der Waals surface area contributed by atoms with Crippen LogP contribution in [0.4, 0.5) is 0 Å². The van der Waals surface area contributed by atoms with Gasteiger partial charge in [0, 0.05) is 23.2 Å². The zero-order chi connectivity index (χ0) is 14.0. The summed E-state index contributed by atoms with van der Waals surface area (Å²) in [6.45, 7) is 9.07. The Hall–Kier alpha value is 0.0900. The molecule has 0 amide bonds. The second kappa shape index (κ2) is 8.81. The number of aromatic nitrogens is 1. The molecule has 0 aliphatic carbocycles. The number of aryl methyl sites for hydroxylation is 1. The fourth-order valence-electron chi connectivity index (χ4n) is 3.62. The number of hydrogen-bond acceptors (Lipinski definition) is 5. The summed E-state index contributed by atoms with van der Waals surface area (Å²) in [5, 5.41) is 6.95. The Morgan fingerprint density at radius 3 is 2.64 bits per heavy atom. The minimum atomic E-state index is 0. The van der Waals surface area contributed by atoms with Crippen LogP contribution in [-0.2, 0) is 6.54 Å². The number of piperidine rings is 1. The van der Waals surface area contributed by atoms with Gasteiger partial charge in [0.25, 0.3) is 0 Å². The van der Waals surface area contributed by atoms with Crippen molar-refractivity contribution in [2.45, 2.75) is 38.3 Å². The average Bonchev–Trinajstić information content (AvgIpc) is 2.78. The van der Waals surface area contributed by atoms with E-state index in [2.05, 4.69) is 39.5 Å². The van der Waals surface area contributed by atoms with Gasteiger partial charge in [0.2, 0.25) is 0 Å². The van der Waals surface area contributed by atoms with Gasteiger partial charge in [0.1, 0.15) is 5.01 Å². The predicted octanol–water partition coefficient (Wildman–Crippen LogP) is 2.55. The van der Waals surface area contributed by atoms with Gasteiger partial charge in [-0.1, -0.05) is 0 Å². The molecule has 3 rings (SSSR count). The van der Waals surface area contributed by atoms with Crippen molar-refractivity contribution in [3.8, 4) is 0 Å². The number of halogens is 2. The molecule has 2 aliphatic heterocycles.